The fraction of sp³-hybridized carbons (Fsp3) is 0.611. The summed E-state index contributed by atoms with van der Waals surface area (Å²) in [6.07, 6.45) is 0.909. The van der Waals surface area contributed by atoms with Crippen LogP contribution in [-0.2, 0) is 9.47 Å². The fourth-order valence-corrected chi connectivity index (χ4v) is 2.95. The van der Waals surface area contributed by atoms with Crippen LogP contribution in [0.4, 0.5) is 11.4 Å². The summed E-state index contributed by atoms with van der Waals surface area (Å²) in [5.41, 5.74) is 2.68. The van der Waals surface area contributed by atoms with E-state index in [1.54, 1.807) is 7.11 Å². The number of ether oxygens (including phenoxy) is 2. The van der Waals surface area contributed by atoms with Crippen molar-refractivity contribution < 1.29 is 14.3 Å². The van der Waals surface area contributed by atoms with Crippen molar-refractivity contribution in [2.45, 2.75) is 6.42 Å². The van der Waals surface area contributed by atoms with Gasteiger partial charge < -0.3 is 24.2 Å². The Hall–Kier alpha value is -1.79. The lowest BCUT2D eigenvalue weighted by atomic mass is 10.1. The zero-order valence-corrected chi connectivity index (χ0v) is 15.2. The number of hydrogen-bond donors (Lipinski definition) is 0. The van der Waals surface area contributed by atoms with Crippen molar-refractivity contribution in [1.82, 2.24) is 4.90 Å². The molecule has 0 N–H and O–H groups in total. The van der Waals surface area contributed by atoms with E-state index in [1.165, 1.54) is 7.11 Å². The molecule has 1 heterocycles. The second-order valence-electron chi connectivity index (χ2n) is 6.25. The molecular formula is C18H29N3O3. The van der Waals surface area contributed by atoms with Crippen molar-refractivity contribution >= 4 is 17.3 Å². The van der Waals surface area contributed by atoms with Crippen LogP contribution in [0.25, 0.3) is 0 Å². The van der Waals surface area contributed by atoms with E-state index in [1.807, 2.05) is 19.2 Å². The molecule has 0 amide bonds. The molecule has 0 atom stereocenters. The Bertz CT molecular complexity index is 542. The van der Waals surface area contributed by atoms with Gasteiger partial charge in [0.15, 0.2) is 0 Å². The number of piperazine rings is 1. The molecule has 0 radical (unpaired) electrons. The average Bonchev–Trinajstić information content (AvgIpc) is 2.61. The molecular weight excluding hydrogens is 306 g/mol. The molecule has 0 unspecified atom stereocenters. The molecule has 1 aliphatic heterocycles. The predicted molar refractivity (Wildman–Crippen MR) is 97.3 cm³/mol. The van der Waals surface area contributed by atoms with Crippen LogP contribution in [-0.4, -0.2) is 78.5 Å². The number of esters is 1. The van der Waals surface area contributed by atoms with Crippen LogP contribution in [0.15, 0.2) is 18.2 Å². The quantitative estimate of drug-likeness (QED) is 0.558. The van der Waals surface area contributed by atoms with Gasteiger partial charge in [0.1, 0.15) is 0 Å². The van der Waals surface area contributed by atoms with Crippen molar-refractivity contribution in [3.8, 4) is 0 Å². The van der Waals surface area contributed by atoms with E-state index in [0.717, 1.165) is 50.5 Å². The first-order valence-corrected chi connectivity index (χ1v) is 8.42. The average molecular weight is 335 g/mol. The van der Waals surface area contributed by atoms with Crippen LogP contribution < -0.4 is 9.80 Å². The molecule has 0 aliphatic carbocycles. The lowest BCUT2D eigenvalue weighted by Crippen LogP contribution is -2.44. The molecule has 2 rings (SSSR count). The maximum Gasteiger partial charge on any atom is 0.339 e. The van der Waals surface area contributed by atoms with Gasteiger partial charge in [0, 0.05) is 59.2 Å². The highest BCUT2D eigenvalue weighted by Gasteiger charge is 2.19. The molecule has 24 heavy (non-hydrogen) atoms. The summed E-state index contributed by atoms with van der Waals surface area (Å²) in [7, 11) is 7.27. The van der Waals surface area contributed by atoms with Crippen LogP contribution >= 0.6 is 0 Å². The summed E-state index contributed by atoms with van der Waals surface area (Å²) in [5, 5.41) is 0. The van der Waals surface area contributed by atoms with Gasteiger partial charge in [-0.25, -0.2) is 4.79 Å². The molecule has 0 bridgehead atoms. The first kappa shape index (κ1) is 18.5. The monoisotopic (exact) mass is 335 g/mol. The highest BCUT2D eigenvalue weighted by Crippen LogP contribution is 2.28. The van der Waals surface area contributed by atoms with Crippen LogP contribution in [0.1, 0.15) is 16.8 Å². The molecule has 0 saturated carbocycles. The van der Waals surface area contributed by atoms with Crippen LogP contribution in [0.5, 0.6) is 0 Å². The smallest absolute Gasteiger partial charge is 0.339 e. The van der Waals surface area contributed by atoms with Crippen molar-refractivity contribution in [3.63, 3.8) is 0 Å². The Balaban J connectivity index is 2.22. The molecule has 6 heteroatoms. The Morgan fingerprint density at radius 3 is 2.54 bits per heavy atom. The second kappa shape index (κ2) is 8.89. The van der Waals surface area contributed by atoms with Gasteiger partial charge in [-0.2, -0.15) is 0 Å². The van der Waals surface area contributed by atoms with E-state index in [-0.39, 0.29) is 5.97 Å². The predicted octanol–water partition coefficient (Wildman–Crippen LogP) is 1.70. The molecule has 1 aliphatic rings. The van der Waals surface area contributed by atoms with Gasteiger partial charge in [0.25, 0.3) is 0 Å². The van der Waals surface area contributed by atoms with E-state index in [9.17, 15) is 4.79 Å². The number of rotatable bonds is 7. The van der Waals surface area contributed by atoms with Crippen LogP contribution in [0, 0.1) is 0 Å². The fourth-order valence-electron chi connectivity index (χ4n) is 2.95. The number of carbonyl (C=O) groups excluding carboxylic acids is 1. The van der Waals surface area contributed by atoms with E-state index in [2.05, 4.69) is 27.8 Å². The summed E-state index contributed by atoms with van der Waals surface area (Å²) in [5.74, 6) is -0.298. The molecule has 134 valence electrons. The zero-order valence-electron chi connectivity index (χ0n) is 15.2. The minimum Gasteiger partial charge on any atom is -0.465 e. The van der Waals surface area contributed by atoms with Gasteiger partial charge >= 0.3 is 5.97 Å². The molecule has 1 saturated heterocycles. The largest absolute Gasteiger partial charge is 0.465 e. The number of anilines is 2. The van der Waals surface area contributed by atoms with Crippen molar-refractivity contribution in [2.75, 3.05) is 77.4 Å². The molecule has 0 spiro atoms. The zero-order chi connectivity index (χ0) is 17.5. The first-order chi connectivity index (χ1) is 11.6. The van der Waals surface area contributed by atoms with Gasteiger partial charge in [-0.05, 0) is 31.7 Å². The Kier molecular flexibility index (Phi) is 6.87. The van der Waals surface area contributed by atoms with Gasteiger partial charge in [-0.15, -0.1) is 0 Å². The molecule has 1 aromatic rings. The van der Waals surface area contributed by atoms with Gasteiger partial charge in [0.05, 0.1) is 18.4 Å². The highest BCUT2D eigenvalue weighted by atomic mass is 16.5. The van der Waals surface area contributed by atoms with E-state index in [4.69, 9.17) is 9.47 Å². The topological polar surface area (TPSA) is 45.2 Å². The van der Waals surface area contributed by atoms with Crippen molar-refractivity contribution in [2.24, 2.45) is 0 Å². The summed E-state index contributed by atoms with van der Waals surface area (Å²) in [4.78, 5) is 18.9. The van der Waals surface area contributed by atoms with E-state index >= 15 is 0 Å². The molecule has 6 nitrogen and oxygen atoms in total. The number of methoxy groups -OCH3 is 2. The highest BCUT2D eigenvalue weighted by molar-refractivity contribution is 5.96. The summed E-state index contributed by atoms with van der Waals surface area (Å²) >= 11 is 0. The summed E-state index contributed by atoms with van der Waals surface area (Å²) in [6.45, 7) is 5.64. The Morgan fingerprint density at radius 1 is 1.21 bits per heavy atom. The Labute approximate surface area is 144 Å². The lowest BCUT2D eigenvalue weighted by Gasteiger charge is -2.35. The maximum absolute atomic E-state index is 12.1. The van der Waals surface area contributed by atoms with Crippen molar-refractivity contribution in [1.29, 1.82) is 0 Å². The Morgan fingerprint density at radius 2 is 1.92 bits per heavy atom. The normalized spacial score (nSPS) is 15.4. The van der Waals surface area contributed by atoms with Gasteiger partial charge in [-0.1, -0.05) is 0 Å². The summed E-state index contributed by atoms with van der Waals surface area (Å²) < 4.78 is 10.1. The summed E-state index contributed by atoms with van der Waals surface area (Å²) in [6, 6.07) is 6.00. The van der Waals surface area contributed by atoms with Crippen LogP contribution in [0.2, 0.25) is 0 Å². The number of nitrogens with zero attached hydrogens (tertiary/aromatic N) is 3. The molecule has 1 fully saturated rings. The van der Waals surface area contributed by atoms with Crippen molar-refractivity contribution in [3.05, 3.63) is 23.8 Å². The minimum atomic E-state index is -0.298. The standard InChI is InChI=1S/C18H29N3O3/c1-19-9-11-21(12-10-19)15-6-7-16(18(22)24-4)17(14-15)20(2)8-5-13-23-3/h6-7,14H,5,8-13H2,1-4H3. The molecule has 1 aromatic carbocycles. The van der Waals surface area contributed by atoms with E-state index < -0.39 is 0 Å². The maximum atomic E-state index is 12.1. The third-order valence-corrected chi connectivity index (χ3v) is 4.51. The first-order valence-electron chi connectivity index (χ1n) is 8.42. The third kappa shape index (κ3) is 4.61. The van der Waals surface area contributed by atoms with Gasteiger partial charge in [0.2, 0.25) is 0 Å². The number of hydrogen-bond acceptors (Lipinski definition) is 6. The van der Waals surface area contributed by atoms with E-state index in [0.29, 0.717) is 12.2 Å². The SMILES string of the molecule is COCCCN(C)c1cc(N2CCN(C)CC2)ccc1C(=O)OC. The number of carbonyl (C=O) groups is 1. The second-order valence-corrected chi connectivity index (χ2v) is 6.25. The minimum absolute atomic E-state index is 0.298. The van der Waals surface area contributed by atoms with Gasteiger partial charge in [-0.3, -0.25) is 0 Å². The molecule has 0 aromatic heterocycles. The van der Waals surface area contributed by atoms with Crippen LogP contribution in [0.3, 0.4) is 0 Å². The lowest BCUT2D eigenvalue weighted by molar-refractivity contribution is 0.0601. The third-order valence-electron chi connectivity index (χ3n) is 4.51. The number of likely N-dealkylation sites (N-methyl/N-ethyl adjacent to an activating group) is 1. The number of benzene rings is 1.